The van der Waals surface area contributed by atoms with Crippen molar-refractivity contribution >= 4 is 34.7 Å². The third-order valence-corrected chi connectivity index (χ3v) is 5.59. The fourth-order valence-corrected chi connectivity index (χ4v) is 3.79. The Labute approximate surface area is 210 Å². The lowest BCUT2D eigenvalue weighted by molar-refractivity contribution is -0.111. The minimum absolute atomic E-state index is 0.172. The molecule has 0 saturated heterocycles. The Hall–Kier alpha value is -5.03. The number of nitrogens with zero attached hydrogens (tertiary/aromatic N) is 2. The van der Waals surface area contributed by atoms with Crippen LogP contribution in [0.4, 0.5) is 17.2 Å². The van der Waals surface area contributed by atoms with Crippen LogP contribution in [-0.4, -0.2) is 15.9 Å². The lowest BCUT2D eigenvalue weighted by Crippen LogP contribution is -2.13. The standard InChI is InChI=1S/C31H24N4O/c36-31(28(24-12-6-2-7-13-24)20-23-10-4-1-5-11-23)35-27-18-16-26(17-19-27)34-30-21-29(32-22-33-30)25-14-8-3-9-15-25/h1-22H,(H,35,36)(H,32,33,34)/b28-20-. The number of nitrogens with one attached hydrogen (secondary N) is 2. The molecule has 0 radical (unpaired) electrons. The van der Waals surface area contributed by atoms with Crippen LogP contribution in [0.15, 0.2) is 128 Å². The number of benzene rings is 4. The highest BCUT2D eigenvalue weighted by Gasteiger charge is 2.13. The monoisotopic (exact) mass is 468 g/mol. The average molecular weight is 469 g/mol. The van der Waals surface area contributed by atoms with Gasteiger partial charge >= 0.3 is 0 Å². The SMILES string of the molecule is O=C(Nc1ccc(Nc2cc(-c3ccccc3)ncn2)cc1)/C(=C\c1ccccc1)c1ccccc1. The van der Waals surface area contributed by atoms with E-state index in [-0.39, 0.29) is 5.91 Å². The molecule has 5 heteroatoms. The van der Waals surface area contributed by atoms with Gasteiger partial charge in [-0.05, 0) is 41.5 Å². The first-order chi connectivity index (χ1) is 17.7. The van der Waals surface area contributed by atoms with Crippen LogP contribution in [0.3, 0.4) is 0 Å². The van der Waals surface area contributed by atoms with Crippen molar-refractivity contribution in [1.29, 1.82) is 0 Å². The Balaban J connectivity index is 1.31. The van der Waals surface area contributed by atoms with Crippen molar-refractivity contribution in [2.75, 3.05) is 10.6 Å². The van der Waals surface area contributed by atoms with E-state index in [1.165, 1.54) is 0 Å². The van der Waals surface area contributed by atoms with Gasteiger partial charge in [-0.1, -0.05) is 91.0 Å². The van der Waals surface area contributed by atoms with E-state index in [9.17, 15) is 4.79 Å². The fourth-order valence-electron chi connectivity index (χ4n) is 3.79. The van der Waals surface area contributed by atoms with Gasteiger partial charge in [0, 0.05) is 28.6 Å². The minimum atomic E-state index is -0.172. The van der Waals surface area contributed by atoms with Crippen LogP contribution in [0.5, 0.6) is 0 Å². The van der Waals surface area contributed by atoms with Gasteiger partial charge in [0.2, 0.25) is 0 Å². The van der Waals surface area contributed by atoms with Crippen LogP contribution >= 0.6 is 0 Å². The number of carbonyl (C=O) groups is 1. The Kier molecular flexibility index (Phi) is 6.91. The van der Waals surface area contributed by atoms with Gasteiger partial charge < -0.3 is 10.6 Å². The third kappa shape index (κ3) is 5.72. The van der Waals surface area contributed by atoms with Crippen molar-refractivity contribution in [3.05, 3.63) is 139 Å². The molecule has 2 N–H and O–H groups in total. The minimum Gasteiger partial charge on any atom is -0.340 e. The summed E-state index contributed by atoms with van der Waals surface area (Å²) in [6.07, 6.45) is 3.45. The highest BCUT2D eigenvalue weighted by atomic mass is 16.1. The Morgan fingerprint density at radius 1 is 0.667 bits per heavy atom. The molecule has 0 unspecified atom stereocenters. The number of aromatic nitrogens is 2. The van der Waals surface area contributed by atoms with Gasteiger partial charge in [0.15, 0.2) is 0 Å². The van der Waals surface area contributed by atoms with E-state index in [4.69, 9.17) is 0 Å². The molecular formula is C31H24N4O. The number of amides is 1. The summed E-state index contributed by atoms with van der Waals surface area (Å²) >= 11 is 0. The maximum absolute atomic E-state index is 13.3. The summed E-state index contributed by atoms with van der Waals surface area (Å²) < 4.78 is 0. The summed E-state index contributed by atoms with van der Waals surface area (Å²) in [5.74, 6) is 0.520. The zero-order chi connectivity index (χ0) is 24.6. The predicted molar refractivity (Wildman–Crippen MR) is 147 cm³/mol. The topological polar surface area (TPSA) is 66.9 Å². The molecule has 0 spiro atoms. The first kappa shape index (κ1) is 22.7. The first-order valence-corrected chi connectivity index (χ1v) is 11.6. The molecule has 0 bridgehead atoms. The van der Waals surface area contributed by atoms with E-state index in [0.29, 0.717) is 17.1 Å². The molecule has 0 atom stereocenters. The van der Waals surface area contributed by atoms with Crippen LogP contribution in [0.1, 0.15) is 11.1 Å². The molecule has 1 amide bonds. The fraction of sp³-hybridized carbons (Fsp3) is 0. The molecule has 0 fully saturated rings. The van der Waals surface area contributed by atoms with Crippen molar-refractivity contribution in [3.8, 4) is 11.3 Å². The number of hydrogen-bond donors (Lipinski definition) is 2. The molecular weight excluding hydrogens is 444 g/mol. The van der Waals surface area contributed by atoms with Gasteiger partial charge in [-0.2, -0.15) is 0 Å². The highest BCUT2D eigenvalue weighted by molar-refractivity contribution is 6.29. The van der Waals surface area contributed by atoms with E-state index in [2.05, 4.69) is 20.6 Å². The summed E-state index contributed by atoms with van der Waals surface area (Å²) in [5, 5.41) is 6.32. The predicted octanol–water partition coefficient (Wildman–Crippen LogP) is 7.07. The Bertz CT molecular complexity index is 1470. The van der Waals surface area contributed by atoms with Gasteiger partial charge in [-0.25, -0.2) is 9.97 Å². The quantitative estimate of drug-likeness (QED) is 0.198. The normalized spacial score (nSPS) is 11.1. The molecule has 0 aliphatic carbocycles. The van der Waals surface area contributed by atoms with Crippen molar-refractivity contribution in [2.45, 2.75) is 0 Å². The average Bonchev–Trinajstić information content (AvgIpc) is 2.94. The van der Waals surface area contributed by atoms with E-state index in [1.54, 1.807) is 6.33 Å². The first-order valence-electron chi connectivity index (χ1n) is 11.6. The second-order valence-corrected chi connectivity index (χ2v) is 8.15. The molecule has 4 aromatic carbocycles. The highest BCUT2D eigenvalue weighted by Crippen LogP contribution is 2.24. The zero-order valence-corrected chi connectivity index (χ0v) is 19.5. The molecule has 0 aliphatic heterocycles. The van der Waals surface area contributed by atoms with Gasteiger partial charge in [-0.15, -0.1) is 0 Å². The summed E-state index contributed by atoms with van der Waals surface area (Å²) in [6, 6.07) is 38.9. The molecule has 0 aliphatic rings. The maximum atomic E-state index is 13.3. The molecule has 1 aromatic heterocycles. The van der Waals surface area contributed by atoms with Crippen molar-refractivity contribution < 1.29 is 4.79 Å². The molecule has 5 aromatic rings. The van der Waals surface area contributed by atoms with Crippen LogP contribution in [0.2, 0.25) is 0 Å². The number of carbonyl (C=O) groups excluding carboxylic acids is 1. The van der Waals surface area contributed by atoms with Crippen LogP contribution < -0.4 is 10.6 Å². The largest absolute Gasteiger partial charge is 0.340 e. The Morgan fingerprint density at radius 2 is 1.28 bits per heavy atom. The number of anilines is 3. The maximum Gasteiger partial charge on any atom is 0.256 e. The van der Waals surface area contributed by atoms with Crippen LogP contribution in [0.25, 0.3) is 22.9 Å². The lowest BCUT2D eigenvalue weighted by atomic mass is 10.0. The van der Waals surface area contributed by atoms with Crippen LogP contribution in [-0.2, 0) is 4.79 Å². The summed E-state index contributed by atoms with van der Waals surface area (Å²) in [4.78, 5) is 21.9. The smallest absolute Gasteiger partial charge is 0.256 e. The Morgan fingerprint density at radius 3 is 1.97 bits per heavy atom. The van der Waals surface area contributed by atoms with E-state index in [1.807, 2.05) is 127 Å². The second kappa shape index (κ2) is 10.9. The summed E-state index contributed by atoms with van der Waals surface area (Å²) in [7, 11) is 0. The van der Waals surface area contributed by atoms with Gasteiger partial charge in [0.1, 0.15) is 12.1 Å². The molecule has 1 heterocycles. The third-order valence-electron chi connectivity index (χ3n) is 5.59. The zero-order valence-electron chi connectivity index (χ0n) is 19.5. The molecule has 174 valence electrons. The van der Waals surface area contributed by atoms with Crippen LogP contribution in [0, 0.1) is 0 Å². The van der Waals surface area contributed by atoms with E-state index < -0.39 is 0 Å². The molecule has 36 heavy (non-hydrogen) atoms. The van der Waals surface area contributed by atoms with E-state index in [0.717, 1.165) is 28.1 Å². The molecule has 0 saturated carbocycles. The van der Waals surface area contributed by atoms with Gasteiger partial charge in [0.25, 0.3) is 5.91 Å². The van der Waals surface area contributed by atoms with Gasteiger partial charge in [-0.3, -0.25) is 4.79 Å². The molecule has 5 rings (SSSR count). The van der Waals surface area contributed by atoms with Crippen molar-refractivity contribution in [1.82, 2.24) is 9.97 Å². The van der Waals surface area contributed by atoms with Crippen molar-refractivity contribution in [3.63, 3.8) is 0 Å². The summed E-state index contributed by atoms with van der Waals surface area (Å²) in [6.45, 7) is 0. The second-order valence-electron chi connectivity index (χ2n) is 8.15. The number of rotatable bonds is 7. The summed E-state index contributed by atoms with van der Waals surface area (Å²) in [5.41, 5.74) is 5.84. The molecule has 5 nitrogen and oxygen atoms in total. The lowest BCUT2D eigenvalue weighted by Gasteiger charge is -2.11. The van der Waals surface area contributed by atoms with Gasteiger partial charge in [0.05, 0.1) is 5.69 Å². The van der Waals surface area contributed by atoms with Crippen molar-refractivity contribution in [2.24, 2.45) is 0 Å². The van der Waals surface area contributed by atoms with E-state index >= 15 is 0 Å². The number of hydrogen-bond acceptors (Lipinski definition) is 4.